The van der Waals surface area contributed by atoms with Gasteiger partial charge >= 0.3 is 12.2 Å². The molecule has 1 aliphatic carbocycles. The van der Waals surface area contributed by atoms with Gasteiger partial charge in [0.2, 0.25) is 0 Å². The van der Waals surface area contributed by atoms with Crippen molar-refractivity contribution in [2.24, 2.45) is 0 Å². The Morgan fingerprint density at radius 1 is 1.22 bits per heavy atom. The zero-order valence-electron chi connectivity index (χ0n) is 19.4. The Balaban J connectivity index is 1.23. The minimum Gasteiger partial charge on any atom is -0.383 e. The molecule has 3 aliphatic rings. The highest BCUT2D eigenvalue weighted by Gasteiger charge is 2.47. The number of carbonyl (C=O) groups is 1. The highest BCUT2D eigenvalue weighted by molar-refractivity contribution is 5.75. The van der Waals surface area contributed by atoms with Crippen LogP contribution in [0.1, 0.15) is 41.3 Å². The summed E-state index contributed by atoms with van der Waals surface area (Å²) in [6.45, 7) is 1.71. The Morgan fingerprint density at radius 3 is 2.89 bits per heavy atom. The van der Waals surface area contributed by atoms with Crippen LogP contribution in [0.4, 0.5) is 23.8 Å². The quantitative estimate of drug-likeness (QED) is 0.559. The first kappa shape index (κ1) is 22.8. The molecule has 36 heavy (non-hydrogen) atoms. The van der Waals surface area contributed by atoms with E-state index < -0.39 is 23.2 Å². The SMILES string of the molecule is Nc1ncc(-c2cc3n(n2)CCOC32CCN(C(=O)N[C@@H]3CCc4ccccc43)C2)cc1C(F)(F)F. The third-order valence-electron chi connectivity index (χ3n) is 7.40. The number of carbonyl (C=O) groups excluding carboxylic acids is 1. The summed E-state index contributed by atoms with van der Waals surface area (Å²) in [5.41, 5.74) is 7.45. The first-order chi connectivity index (χ1) is 17.2. The number of amides is 2. The number of likely N-dealkylation sites (tertiary alicyclic amines) is 1. The third-order valence-corrected chi connectivity index (χ3v) is 7.40. The number of halogens is 3. The fourth-order valence-corrected chi connectivity index (χ4v) is 5.57. The molecular weight excluding hydrogens is 473 g/mol. The van der Waals surface area contributed by atoms with Crippen molar-refractivity contribution in [1.82, 2.24) is 25.0 Å². The van der Waals surface area contributed by atoms with Crippen molar-refractivity contribution >= 4 is 11.8 Å². The number of aryl methyl sites for hydroxylation is 1. The molecule has 1 unspecified atom stereocenters. The van der Waals surface area contributed by atoms with Gasteiger partial charge in [0.1, 0.15) is 11.4 Å². The lowest BCUT2D eigenvalue weighted by atomic mass is 9.96. The molecule has 0 saturated carbocycles. The van der Waals surface area contributed by atoms with Crippen molar-refractivity contribution in [3.63, 3.8) is 0 Å². The first-order valence-corrected chi connectivity index (χ1v) is 11.9. The Kier molecular flexibility index (Phi) is 5.22. The molecule has 1 fully saturated rings. The van der Waals surface area contributed by atoms with Crippen LogP contribution in [0.25, 0.3) is 11.3 Å². The molecule has 3 N–H and O–H groups in total. The number of nitrogens with zero attached hydrogens (tertiary/aromatic N) is 4. The van der Waals surface area contributed by atoms with Gasteiger partial charge in [-0.05, 0) is 36.1 Å². The number of hydrogen-bond donors (Lipinski definition) is 2. The van der Waals surface area contributed by atoms with E-state index in [0.717, 1.165) is 30.2 Å². The average molecular weight is 499 g/mol. The van der Waals surface area contributed by atoms with E-state index in [1.807, 2.05) is 12.1 Å². The Morgan fingerprint density at radius 2 is 2.06 bits per heavy atom. The predicted octanol–water partition coefficient (Wildman–Crippen LogP) is 3.87. The number of anilines is 1. The summed E-state index contributed by atoms with van der Waals surface area (Å²) >= 11 is 0. The van der Waals surface area contributed by atoms with Crippen LogP contribution >= 0.6 is 0 Å². The van der Waals surface area contributed by atoms with Crippen LogP contribution < -0.4 is 11.1 Å². The normalized spacial score (nSPS) is 23.1. The minimum atomic E-state index is -4.62. The lowest BCUT2D eigenvalue weighted by molar-refractivity contribution is -0.137. The summed E-state index contributed by atoms with van der Waals surface area (Å²) in [7, 11) is 0. The summed E-state index contributed by atoms with van der Waals surface area (Å²) in [6.07, 6.45) is -0.949. The van der Waals surface area contributed by atoms with Crippen molar-refractivity contribution in [3.05, 3.63) is 65.0 Å². The zero-order valence-corrected chi connectivity index (χ0v) is 19.4. The summed E-state index contributed by atoms with van der Waals surface area (Å²) < 4.78 is 48.0. The molecule has 11 heteroatoms. The van der Waals surface area contributed by atoms with E-state index in [-0.39, 0.29) is 17.6 Å². The fraction of sp³-hybridized carbons (Fsp3) is 0.400. The Labute approximate surface area is 205 Å². The van der Waals surface area contributed by atoms with Crippen LogP contribution in [0.3, 0.4) is 0 Å². The second-order valence-corrected chi connectivity index (χ2v) is 9.55. The molecular formula is C25H25F3N6O2. The number of benzene rings is 1. The summed E-state index contributed by atoms with van der Waals surface area (Å²) in [6, 6.07) is 10.7. The number of nitrogens with two attached hydrogens (primary N) is 1. The van der Waals surface area contributed by atoms with Gasteiger partial charge < -0.3 is 20.7 Å². The van der Waals surface area contributed by atoms with Gasteiger partial charge in [0, 0.05) is 24.7 Å². The molecule has 1 aromatic carbocycles. The van der Waals surface area contributed by atoms with Crippen molar-refractivity contribution in [1.29, 1.82) is 0 Å². The number of nitrogen functional groups attached to an aromatic ring is 1. The van der Waals surface area contributed by atoms with E-state index in [0.29, 0.717) is 38.4 Å². The topological polar surface area (TPSA) is 98.3 Å². The van der Waals surface area contributed by atoms with Crippen LogP contribution in [0, 0.1) is 0 Å². The molecule has 8 nitrogen and oxygen atoms in total. The molecule has 2 aliphatic heterocycles. The number of rotatable bonds is 2. The molecule has 1 spiro atoms. The summed E-state index contributed by atoms with van der Waals surface area (Å²) in [5, 5.41) is 7.70. The van der Waals surface area contributed by atoms with Crippen molar-refractivity contribution < 1.29 is 22.7 Å². The van der Waals surface area contributed by atoms with E-state index in [1.54, 1.807) is 15.6 Å². The fourth-order valence-electron chi connectivity index (χ4n) is 5.57. The van der Waals surface area contributed by atoms with Gasteiger partial charge in [-0.25, -0.2) is 9.78 Å². The van der Waals surface area contributed by atoms with Gasteiger partial charge in [-0.3, -0.25) is 4.68 Å². The minimum absolute atomic E-state index is 0.0181. The lowest BCUT2D eigenvalue weighted by Crippen LogP contribution is -2.45. The van der Waals surface area contributed by atoms with Crippen LogP contribution in [0.15, 0.2) is 42.6 Å². The second kappa shape index (κ2) is 8.22. The largest absolute Gasteiger partial charge is 0.419 e. The van der Waals surface area contributed by atoms with E-state index >= 15 is 0 Å². The number of fused-ring (bicyclic) bond motifs is 3. The van der Waals surface area contributed by atoms with Crippen molar-refractivity contribution in [3.8, 4) is 11.3 Å². The molecule has 0 bridgehead atoms. The maximum Gasteiger partial charge on any atom is 0.419 e. The van der Waals surface area contributed by atoms with Gasteiger partial charge in [-0.2, -0.15) is 18.3 Å². The van der Waals surface area contributed by atoms with E-state index in [9.17, 15) is 18.0 Å². The molecule has 1 saturated heterocycles. The lowest BCUT2D eigenvalue weighted by Gasteiger charge is -2.34. The second-order valence-electron chi connectivity index (χ2n) is 9.55. The van der Waals surface area contributed by atoms with E-state index in [4.69, 9.17) is 10.5 Å². The van der Waals surface area contributed by atoms with Crippen LogP contribution in [0.2, 0.25) is 0 Å². The highest BCUT2D eigenvalue weighted by atomic mass is 19.4. The average Bonchev–Trinajstić information content (AvgIpc) is 3.57. The monoisotopic (exact) mass is 498 g/mol. The molecule has 188 valence electrons. The van der Waals surface area contributed by atoms with Crippen LogP contribution in [-0.2, 0) is 29.5 Å². The van der Waals surface area contributed by atoms with Gasteiger partial charge in [0.15, 0.2) is 0 Å². The number of ether oxygens (including phenoxy) is 1. The number of urea groups is 1. The molecule has 0 radical (unpaired) electrons. The van der Waals surface area contributed by atoms with Gasteiger partial charge in [-0.15, -0.1) is 0 Å². The standard InChI is InChI=1S/C25H25F3N6O2/c26-25(27,28)18-11-16(13-30-22(18)29)20-12-21-24(36-10-9-34(21)32-20)7-8-33(14-24)23(35)31-19-6-5-15-3-1-2-4-17(15)19/h1-4,11-13,19H,5-10,14H2,(H2,29,30)(H,31,35)/t19-,24?/m1/s1. The van der Waals surface area contributed by atoms with E-state index in [1.165, 1.54) is 11.8 Å². The van der Waals surface area contributed by atoms with E-state index in [2.05, 4.69) is 27.5 Å². The smallest absolute Gasteiger partial charge is 0.383 e. The predicted molar refractivity (Wildman–Crippen MR) is 125 cm³/mol. The van der Waals surface area contributed by atoms with Gasteiger partial charge in [-0.1, -0.05) is 24.3 Å². The van der Waals surface area contributed by atoms with Crippen molar-refractivity contribution in [2.45, 2.75) is 43.6 Å². The third kappa shape index (κ3) is 3.78. The first-order valence-electron chi connectivity index (χ1n) is 11.9. The molecule has 2 amide bonds. The highest BCUT2D eigenvalue weighted by Crippen LogP contribution is 2.41. The Hall–Kier alpha value is -3.60. The number of nitrogens with one attached hydrogen (secondary N) is 1. The molecule has 2 atom stereocenters. The molecule has 2 aromatic heterocycles. The van der Waals surface area contributed by atoms with Crippen LogP contribution in [0.5, 0.6) is 0 Å². The molecule has 6 rings (SSSR count). The summed E-state index contributed by atoms with van der Waals surface area (Å²) in [4.78, 5) is 18.6. The summed E-state index contributed by atoms with van der Waals surface area (Å²) in [5.74, 6) is -0.572. The zero-order chi connectivity index (χ0) is 25.1. The van der Waals surface area contributed by atoms with Crippen LogP contribution in [-0.4, -0.2) is 45.4 Å². The molecule has 4 heterocycles. The Bertz CT molecular complexity index is 1340. The maximum absolute atomic E-state index is 13.3. The number of alkyl halides is 3. The molecule has 3 aromatic rings. The van der Waals surface area contributed by atoms with Crippen molar-refractivity contribution in [2.75, 3.05) is 25.4 Å². The van der Waals surface area contributed by atoms with Gasteiger partial charge in [0.25, 0.3) is 0 Å². The number of pyridine rings is 1. The maximum atomic E-state index is 13.3. The van der Waals surface area contributed by atoms with Gasteiger partial charge in [0.05, 0.1) is 42.7 Å². The number of aromatic nitrogens is 3. The number of hydrogen-bond acceptors (Lipinski definition) is 5.